The van der Waals surface area contributed by atoms with Crippen molar-refractivity contribution in [2.75, 3.05) is 26.8 Å². The number of nitrogens with one attached hydrogen (secondary N) is 2. The largest absolute Gasteiger partial charge is 0.495 e. The number of rotatable bonds is 8. The molecule has 0 radical (unpaired) electrons. The molecule has 1 saturated heterocycles. The van der Waals surface area contributed by atoms with Gasteiger partial charge in [0.1, 0.15) is 10.6 Å². The Morgan fingerprint density at radius 3 is 2.83 bits per heavy atom. The number of carbonyl (C=O) groups is 1. The van der Waals surface area contributed by atoms with Gasteiger partial charge < -0.3 is 14.8 Å². The van der Waals surface area contributed by atoms with Crippen molar-refractivity contribution in [2.45, 2.75) is 37.2 Å². The normalized spacial score (nSPS) is 17.7. The fourth-order valence-electron chi connectivity index (χ4n) is 2.56. The Hall–Kier alpha value is -1.64. The summed E-state index contributed by atoms with van der Waals surface area (Å²) in [6.45, 7) is 2.82. The first-order valence-electron chi connectivity index (χ1n) is 7.95. The second-order valence-electron chi connectivity index (χ2n) is 5.71. The van der Waals surface area contributed by atoms with Gasteiger partial charge in [-0.05, 0) is 37.0 Å². The van der Waals surface area contributed by atoms with E-state index < -0.39 is 10.0 Å². The quantitative estimate of drug-likeness (QED) is 0.720. The van der Waals surface area contributed by atoms with E-state index in [2.05, 4.69) is 10.0 Å². The fourth-order valence-corrected chi connectivity index (χ4v) is 3.84. The standard InChI is InChI=1S/C16H24N2O5S/c1-12(19)17-8-7-13-5-6-15(22-2)16(10-13)24(20,21)18-11-14-4-3-9-23-14/h5-6,10,14,18H,3-4,7-9,11H2,1-2H3,(H,17,19)/t14-/m0/s1. The van der Waals surface area contributed by atoms with Gasteiger partial charge in [-0.1, -0.05) is 6.07 Å². The number of hydrogen-bond donors (Lipinski definition) is 2. The lowest BCUT2D eigenvalue weighted by atomic mass is 10.1. The highest BCUT2D eigenvalue weighted by atomic mass is 32.2. The molecule has 1 heterocycles. The van der Waals surface area contributed by atoms with Crippen LogP contribution >= 0.6 is 0 Å². The van der Waals surface area contributed by atoms with Crippen LogP contribution in [0.3, 0.4) is 0 Å². The van der Waals surface area contributed by atoms with Gasteiger partial charge in [0.05, 0.1) is 13.2 Å². The summed E-state index contributed by atoms with van der Waals surface area (Å²) < 4.78 is 38.4. The third kappa shape index (κ3) is 5.19. The Balaban J connectivity index is 2.10. The lowest BCUT2D eigenvalue weighted by Gasteiger charge is -2.14. The number of sulfonamides is 1. The lowest BCUT2D eigenvalue weighted by molar-refractivity contribution is -0.118. The molecular weight excluding hydrogens is 332 g/mol. The molecule has 1 atom stereocenters. The predicted octanol–water partition coefficient (Wildman–Crippen LogP) is 0.831. The number of benzene rings is 1. The molecule has 1 aromatic rings. The van der Waals surface area contributed by atoms with Gasteiger partial charge >= 0.3 is 0 Å². The maximum absolute atomic E-state index is 12.6. The van der Waals surface area contributed by atoms with Gasteiger partial charge in [0.15, 0.2) is 0 Å². The Morgan fingerprint density at radius 2 is 2.21 bits per heavy atom. The van der Waals surface area contributed by atoms with Gasteiger partial charge in [-0.25, -0.2) is 13.1 Å². The first kappa shape index (κ1) is 18.7. The molecule has 8 heteroatoms. The fraction of sp³-hybridized carbons (Fsp3) is 0.562. The van der Waals surface area contributed by atoms with Gasteiger partial charge in [-0.3, -0.25) is 4.79 Å². The van der Waals surface area contributed by atoms with Crippen molar-refractivity contribution in [3.63, 3.8) is 0 Å². The van der Waals surface area contributed by atoms with Crippen LogP contribution in [0.2, 0.25) is 0 Å². The van der Waals surface area contributed by atoms with Crippen molar-refractivity contribution in [2.24, 2.45) is 0 Å². The lowest BCUT2D eigenvalue weighted by Crippen LogP contribution is -2.32. The zero-order valence-corrected chi connectivity index (χ0v) is 14.8. The second-order valence-corrected chi connectivity index (χ2v) is 7.44. The molecule has 134 valence electrons. The highest BCUT2D eigenvalue weighted by Crippen LogP contribution is 2.25. The molecule has 24 heavy (non-hydrogen) atoms. The maximum atomic E-state index is 12.6. The average Bonchev–Trinajstić information content (AvgIpc) is 3.06. The molecule has 0 spiro atoms. The van der Waals surface area contributed by atoms with E-state index in [1.54, 1.807) is 18.2 Å². The number of hydrogen-bond acceptors (Lipinski definition) is 5. The Labute approximate surface area is 142 Å². The van der Waals surface area contributed by atoms with Crippen LogP contribution in [0.1, 0.15) is 25.3 Å². The Morgan fingerprint density at radius 1 is 1.42 bits per heavy atom. The maximum Gasteiger partial charge on any atom is 0.244 e. The predicted molar refractivity (Wildman–Crippen MR) is 89.5 cm³/mol. The molecular formula is C16H24N2O5S. The van der Waals surface area contributed by atoms with E-state index in [1.165, 1.54) is 14.0 Å². The number of carbonyl (C=O) groups excluding carboxylic acids is 1. The number of methoxy groups -OCH3 is 1. The Bertz CT molecular complexity index is 669. The van der Waals surface area contributed by atoms with Crippen molar-refractivity contribution in [3.05, 3.63) is 23.8 Å². The van der Waals surface area contributed by atoms with E-state index in [9.17, 15) is 13.2 Å². The van der Waals surface area contributed by atoms with Crippen LogP contribution in [0.25, 0.3) is 0 Å². The van der Waals surface area contributed by atoms with Crippen LogP contribution in [-0.4, -0.2) is 47.2 Å². The van der Waals surface area contributed by atoms with Gasteiger partial charge in [0.25, 0.3) is 0 Å². The minimum atomic E-state index is -3.70. The highest BCUT2D eigenvalue weighted by Gasteiger charge is 2.23. The van der Waals surface area contributed by atoms with Crippen LogP contribution in [0.5, 0.6) is 5.75 Å². The summed E-state index contributed by atoms with van der Waals surface area (Å²) in [5.74, 6) is 0.174. The number of amides is 1. The molecule has 1 aromatic carbocycles. The molecule has 1 fully saturated rings. The minimum absolute atomic E-state index is 0.0753. The molecule has 0 bridgehead atoms. The molecule has 1 amide bonds. The average molecular weight is 356 g/mol. The van der Waals surface area contributed by atoms with Gasteiger partial charge in [0.2, 0.25) is 15.9 Å². The molecule has 1 aliphatic heterocycles. The summed E-state index contributed by atoms with van der Waals surface area (Å²) in [7, 11) is -2.26. The SMILES string of the molecule is COc1ccc(CCNC(C)=O)cc1S(=O)(=O)NC[C@@H]1CCCO1. The van der Waals surface area contributed by atoms with Crippen LogP contribution in [0.15, 0.2) is 23.1 Å². The van der Waals surface area contributed by atoms with E-state index >= 15 is 0 Å². The summed E-state index contributed by atoms with van der Waals surface area (Å²) >= 11 is 0. The summed E-state index contributed by atoms with van der Waals surface area (Å²) in [4.78, 5) is 11.0. The molecule has 2 N–H and O–H groups in total. The topological polar surface area (TPSA) is 93.7 Å². The van der Waals surface area contributed by atoms with E-state index in [4.69, 9.17) is 9.47 Å². The summed E-state index contributed by atoms with van der Waals surface area (Å²) in [5.41, 5.74) is 0.807. The molecule has 0 aromatic heterocycles. The first-order chi connectivity index (χ1) is 11.4. The molecule has 0 unspecified atom stereocenters. The molecule has 7 nitrogen and oxygen atoms in total. The molecule has 2 rings (SSSR count). The van der Waals surface area contributed by atoms with E-state index in [0.29, 0.717) is 19.6 Å². The van der Waals surface area contributed by atoms with Crippen LogP contribution in [-0.2, 0) is 26.0 Å². The minimum Gasteiger partial charge on any atom is -0.495 e. The molecule has 0 saturated carbocycles. The Kier molecular flexibility index (Phi) is 6.59. The third-order valence-electron chi connectivity index (χ3n) is 3.83. The van der Waals surface area contributed by atoms with Crippen molar-refractivity contribution < 1.29 is 22.7 Å². The first-order valence-corrected chi connectivity index (χ1v) is 9.43. The van der Waals surface area contributed by atoms with Crippen molar-refractivity contribution in [3.8, 4) is 5.75 Å². The van der Waals surface area contributed by atoms with Crippen LogP contribution < -0.4 is 14.8 Å². The van der Waals surface area contributed by atoms with E-state index in [1.807, 2.05) is 0 Å². The molecule has 1 aliphatic rings. The van der Waals surface area contributed by atoms with E-state index in [0.717, 1.165) is 18.4 Å². The van der Waals surface area contributed by atoms with Crippen molar-refractivity contribution >= 4 is 15.9 Å². The van der Waals surface area contributed by atoms with Gasteiger partial charge in [0, 0.05) is 26.6 Å². The van der Waals surface area contributed by atoms with E-state index in [-0.39, 0.29) is 29.2 Å². The van der Waals surface area contributed by atoms with Crippen molar-refractivity contribution in [1.82, 2.24) is 10.0 Å². The zero-order valence-electron chi connectivity index (χ0n) is 14.0. The summed E-state index contributed by atoms with van der Waals surface area (Å²) in [5, 5.41) is 2.69. The zero-order chi connectivity index (χ0) is 17.6. The summed E-state index contributed by atoms with van der Waals surface area (Å²) in [6, 6.07) is 5.00. The number of ether oxygens (including phenoxy) is 2. The monoisotopic (exact) mass is 356 g/mol. The van der Waals surface area contributed by atoms with Gasteiger partial charge in [-0.2, -0.15) is 0 Å². The third-order valence-corrected chi connectivity index (χ3v) is 5.27. The van der Waals surface area contributed by atoms with Gasteiger partial charge in [-0.15, -0.1) is 0 Å². The van der Waals surface area contributed by atoms with Crippen LogP contribution in [0, 0.1) is 0 Å². The second kappa shape index (κ2) is 8.46. The van der Waals surface area contributed by atoms with Crippen LogP contribution in [0.4, 0.5) is 0 Å². The smallest absolute Gasteiger partial charge is 0.244 e. The molecule has 0 aliphatic carbocycles. The highest BCUT2D eigenvalue weighted by molar-refractivity contribution is 7.89. The van der Waals surface area contributed by atoms with Crippen molar-refractivity contribution in [1.29, 1.82) is 0 Å². The summed E-state index contributed by atoms with van der Waals surface area (Å²) in [6.07, 6.45) is 2.27.